The lowest BCUT2D eigenvalue weighted by Gasteiger charge is -1.94. The third-order valence-electron chi connectivity index (χ3n) is 2.57. The first-order chi connectivity index (χ1) is 8.22. The monoisotopic (exact) mass is 225 g/mol. The van der Waals surface area contributed by atoms with E-state index in [2.05, 4.69) is 9.97 Å². The molecule has 3 rings (SSSR count). The highest BCUT2D eigenvalue weighted by Gasteiger charge is 2.08. The number of nitrogen functional groups attached to an aromatic ring is 1. The summed E-state index contributed by atoms with van der Waals surface area (Å²) in [5.41, 5.74) is 8.93. The van der Waals surface area contributed by atoms with Crippen molar-refractivity contribution < 1.29 is 4.42 Å². The molecule has 0 unspecified atom stereocenters. The number of fused-ring (bicyclic) bond motifs is 1. The number of aryl methyl sites for hydroxylation is 1. The lowest BCUT2D eigenvalue weighted by Crippen LogP contribution is -1.88. The SMILES string of the molecule is Cc1ccc(-c2nc3nc(N)ccc3o2)cc1. The molecule has 0 aliphatic carbocycles. The highest BCUT2D eigenvalue weighted by atomic mass is 16.3. The van der Waals surface area contributed by atoms with Crippen molar-refractivity contribution in [2.45, 2.75) is 6.92 Å². The molecule has 84 valence electrons. The van der Waals surface area contributed by atoms with Crippen LogP contribution in [0.4, 0.5) is 5.82 Å². The van der Waals surface area contributed by atoms with Crippen LogP contribution in [0.5, 0.6) is 0 Å². The highest BCUT2D eigenvalue weighted by Crippen LogP contribution is 2.23. The minimum atomic E-state index is 0.446. The Kier molecular flexibility index (Phi) is 2.08. The van der Waals surface area contributed by atoms with Gasteiger partial charge in [-0.15, -0.1) is 0 Å². The largest absolute Gasteiger partial charge is 0.434 e. The lowest BCUT2D eigenvalue weighted by molar-refractivity contribution is 0.619. The van der Waals surface area contributed by atoms with Gasteiger partial charge in [0.2, 0.25) is 11.5 Å². The average molecular weight is 225 g/mol. The van der Waals surface area contributed by atoms with Crippen LogP contribution in [0.15, 0.2) is 40.8 Å². The normalized spacial score (nSPS) is 10.9. The molecule has 4 nitrogen and oxygen atoms in total. The maximum Gasteiger partial charge on any atom is 0.228 e. The van der Waals surface area contributed by atoms with E-state index in [1.165, 1.54) is 5.56 Å². The van der Waals surface area contributed by atoms with Crippen LogP contribution in [0.1, 0.15) is 5.56 Å². The molecule has 0 saturated heterocycles. The van der Waals surface area contributed by atoms with E-state index in [-0.39, 0.29) is 0 Å². The summed E-state index contributed by atoms with van der Waals surface area (Å²) in [6.45, 7) is 2.04. The zero-order chi connectivity index (χ0) is 11.8. The fourth-order valence-electron chi connectivity index (χ4n) is 1.65. The van der Waals surface area contributed by atoms with Crippen LogP contribution < -0.4 is 5.73 Å². The van der Waals surface area contributed by atoms with Crippen LogP contribution in [0, 0.1) is 6.92 Å². The fourth-order valence-corrected chi connectivity index (χ4v) is 1.65. The number of aromatic nitrogens is 2. The molecule has 0 aliphatic heterocycles. The molecule has 2 heterocycles. The van der Waals surface area contributed by atoms with Gasteiger partial charge in [-0.3, -0.25) is 0 Å². The van der Waals surface area contributed by atoms with E-state index in [9.17, 15) is 0 Å². The minimum Gasteiger partial charge on any atom is -0.434 e. The molecule has 17 heavy (non-hydrogen) atoms. The van der Waals surface area contributed by atoms with Gasteiger partial charge < -0.3 is 10.2 Å². The van der Waals surface area contributed by atoms with Gasteiger partial charge in [-0.2, -0.15) is 4.98 Å². The minimum absolute atomic E-state index is 0.446. The van der Waals surface area contributed by atoms with Crippen molar-refractivity contribution >= 4 is 17.0 Å². The summed E-state index contributed by atoms with van der Waals surface area (Å²) >= 11 is 0. The predicted octanol–water partition coefficient (Wildman–Crippen LogP) is 2.78. The van der Waals surface area contributed by atoms with Gasteiger partial charge in [-0.25, -0.2) is 4.98 Å². The Bertz CT molecular complexity index is 671. The molecule has 0 aliphatic rings. The molecule has 0 saturated carbocycles. The van der Waals surface area contributed by atoms with E-state index in [0.717, 1.165) is 5.56 Å². The molecule has 1 aromatic carbocycles. The van der Waals surface area contributed by atoms with Gasteiger partial charge in [0.05, 0.1) is 0 Å². The fraction of sp³-hybridized carbons (Fsp3) is 0.0769. The van der Waals surface area contributed by atoms with Gasteiger partial charge in [0.1, 0.15) is 5.82 Å². The van der Waals surface area contributed by atoms with Gasteiger partial charge in [-0.05, 0) is 31.2 Å². The third kappa shape index (κ3) is 1.73. The summed E-state index contributed by atoms with van der Waals surface area (Å²) in [6, 6.07) is 11.5. The highest BCUT2D eigenvalue weighted by molar-refractivity contribution is 5.73. The van der Waals surface area contributed by atoms with Crippen molar-refractivity contribution in [3.63, 3.8) is 0 Å². The van der Waals surface area contributed by atoms with Crippen molar-refractivity contribution in [1.82, 2.24) is 9.97 Å². The topological polar surface area (TPSA) is 64.9 Å². The lowest BCUT2D eigenvalue weighted by atomic mass is 10.1. The molecular formula is C13H11N3O. The smallest absolute Gasteiger partial charge is 0.228 e. The van der Waals surface area contributed by atoms with Crippen LogP contribution in [0.25, 0.3) is 22.7 Å². The van der Waals surface area contributed by atoms with Gasteiger partial charge in [0.15, 0.2) is 5.58 Å². The molecular weight excluding hydrogens is 214 g/mol. The molecule has 0 fully saturated rings. The number of hydrogen-bond acceptors (Lipinski definition) is 4. The second-order valence-electron chi connectivity index (χ2n) is 3.94. The Morgan fingerprint density at radius 3 is 2.53 bits per heavy atom. The van der Waals surface area contributed by atoms with Crippen LogP contribution in [0.2, 0.25) is 0 Å². The molecule has 3 aromatic rings. The summed E-state index contributed by atoms with van der Waals surface area (Å²) in [4.78, 5) is 8.43. The molecule has 0 radical (unpaired) electrons. The van der Waals surface area contributed by atoms with Crippen molar-refractivity contribution in [1.29, 1.82) is 0 Å². The Hall–Kier alpha value is -2.36. The molecule has 0 spiro atoms. The first kappa shape index (κ1) is 9.84. The standard InChI is InChI=1S/C13H11N3O/c1-8-2-4-9(5-3-8)13-16-12-10(17-13)6-7-11(14)15-12/h2-7H,1H3,(H2,14,15). The molecule has 4 heteroatoms. The van der Waals surface area contributed by atoms with Crippen molar-refractivity contribution in [3.05, 3.63) is 42.0 Å². The van der Waals surface area contributed by atoms with Crippen LogP contribution in [-0.4, -0.2) is 9.97 Å². The molecule has 2 aromatic heterocycles. The Balaban J connectivity index is 2.14. The second kappa shape index (κ2) is 3.59. The second-order valence-corrected chi connectivity index (χ2v) is 3.94. The summed E-state index contributed by atoms with van der Waals surface area (Å²) in [7, 11) is 0. The van der Waals surface area contributed by atoms with E-state index in [1.54, 1.807) is 12.1 Å². The zero-order valence-electron chi connectivity index (χ0n) is 9.34. The van der Waals surface area contributed by atoms with E-state index < -0.39 is 0 Å². The Labute approximate surface area is 98.1 Å². The number of hydrogen-bond donors (Lipinski definition) is 1. The number of anilines is 1. The van der Waals surface area contributed by atoms with E-state index in [1.807, 2.05) is 31.2 Å². The first-order valence-electron chi connectivity index (χ1n) is 5.32. The summed E-state index contributed by atoms with van der Waals surface area (Å²) in [5.74, 6) is 1.01. The third-order valence-corrected chi connectivity index (χ3v) is 2.57. The van der Waals surface area contributed by atoms with E-state index >= 15 is 0 Å². The van der Waals surface area contributed by atoms with Crippen LogP contribution in [0.3, 0.4) is 0 Å². The number of oxazole rings is 1. The average Bonchev–Trinajstić information content (AvgIpc) is 2.72. The number of rotatable bonds is 1. The van der Waals surface area contributed by atoms with Crippen molar-refractivity contribution in [2.24, 2.45) is 0 Å². The summed E-state index contributed by atoms with van der Waals surface area (Å²) < 4.78 is 5.62. The predicted molar refractivity (Wildman–Crippen MR) is 66.4 cm³/mol. The van der Waals surface area contributed by atoms with Crippen molar-refractivity contribution in [2.75, 3.05) is 5.73 Å². The number of nitrogens with two attached hydrogens (primary N) is 1. The van der Waals surface area contributed by atoms with E-state index in [0.29, 0.717) is 22.9 Å². The van der Waals surface area contributed by atoms with Gasteiger partial charge in [0.25, 0.3) is 0 Å². The quantitative estimate of drug-likeness (QED) is 0.691. The number of pyridine rings is 1. The first-order valence-corrected chi connectivity index (χ1v) is 5.32. The van der Waals surface area contributed by atoms with Crippen LogP contribution in [-0.2, 0) is 0 Å². The van der Waals surface area contributed by atoms with Gasteiger partial charge in [-0.1, -0.05) is 17.7 Å². The van der Waals surface area contributed by atoms with E-state index in [4.69, 9.17) is 10.2 Å². The van der Waals surface area contributed by atoms with Crippen molar-refractivity contribution in [3.8, 4) is 11.5 Å². The molecule has 0 bridgehead atoms. The molecule has 2 N–H and O–H groups in total. The number of benzene rings is 1. The van der Waals surface area contributed by atoms with Gasteiger partial charge >= 0.3 is 0 Å². The summed E-state index contributed by atoms with van der Waals surface area (Å²) in [5, 5.41) is 0. The maximum atomic E-state index is 5.62. The Morgan fingerprint density at radius 1 is 1.00 bits per heavy atom. The zero-order valence-corrected chi connectivity index (χ0v) is 9.34. The Morgan fingerprint density at radius 2 is 1.76 bits per heavy atom. The maximum absolute atomic E-state index is 5.62. The number of nitrogens with zero attached hydrogens (tertiary/aromatic N) is 2. The molecule has 0 atom stereocenters. The summed E-state index contributed by atoms with van der Waals surface area (Å²) in [6.07, 6.45) is 0. The molecule has 0 amide bonds. The van der Waals surface area contributed by atoms with Crippen LogP contribution >= 0.6 is 0 Å². The van der Waals surface area contributed by atoms with Gasteiger partial charge in [0, 0.05) is 5.56 Å².